The molecule has 4 heteroatoms. The number of likely N-dealkylation sites (tertiary alicyclic amines) is 1. The standard InChI is InChI=1S/C40H49NO3.C2H6/c1-26-19-36-35(41(23-26)24-27-9-12-31(13-10-27)43-30-7-5-4-6-8-30)22-40(44-36)18-16-33-32-14-11-28-20-29(42)15-17-37(28,2)34(32)21-39(33)25-38(39,40)3;1-2/h4-10,12-13,20,26,32-36H,11,14-19,21-25H2,1-3H3;1-2H3. The molecular formula is C42H55NO3. The van der Waals surface area contributed by atoms with E-state index in [2.05, 4.69) is 56.0 Å². The summed E-state index contributed by atoms with van der Waals surface area (Å²) in [6, 6.07) is 19.3. The minimum atomic E-state index is 0.0319. The molecule has 10 atom stereocenters. The minimum Gasteiger partial charge on any atom is -0.457 e. The molecule has 5 aliphatic carbocycles. The molecule has 2 spiro atoms. The number of benzene rings is 2. The molecule has 0 N–H and O–H groups in total. The van der Waals surface area contributed by atoms with Crippen molar-refractivity contribution in [2.24, 2.45) is 39.9 Å². The fourth-order valence-electron chi connectivity index (χ4n) is 12.4. The van der Waals surface area contributed by atoms with Gasteiger partial charge in [-0.3, -0.25) is 9.69 Å². The molecule has 4 saturated carbocycles. The molecule has 246 valence electrons. The summed E-state index contributed by atoms with van der Waals surface area (Å²) in [5, 5.41) is 0. The molecule has 10 unspecified atom stereocenters. The Morgan fingerprint density at radius 1 is 0.913 bits per heavy atom. The predicted molar refractivity (Wildman–Crippen MR) is 184 cm³/mol. The number of allylic oxidation sites excluding steroid dienone is 2. The Morgan fingerprint density at radius 3 is 2.46 bits per heavy atom. The van der Waals surface area contributed by atoms with E-state index in [0.29, 0.717) is 34.7 Å². The first-order valence-corrected chi connectivity index (χ1v) is 18.7. The first-order valence-electron chi connectivity index (χ1n) is 18.7. The van der Waals surface area contributed by atoms with Gasteiger partial charge in [0.05, 0.1) is 11.7 Å². The van der Waals surface area contributed by atoms with E-state index in [-0.39, 0.29) is 11.0 Å². The van der Waals surface area contributed by atoms with E-state index in [1.54, 1.807) is 0 Å². The summed E-state index contributed by atoms with van der Waals surface area (Å²) in [7, 11) is 0. The Bertz CT molecular complexity index is 1500. The fourth-order valence-corrected chi connectivity index (χ4v) is 12.4. The molecule has 9 rings (SSSR count). The van der Waals surface area contributed by atoms with Gasteiger partial charge >= 0.3 is 0 Å². The van der Waals surface area contributed by atoms with Crippen molar-refractivity contribution in [1.82, 2.24) is 4.90 Å². The number of carbonyl (C=O) groups excluding carboxylic acids is 1. The largest absolute Gasteiger partial charge is 0.457 e. The maximum absolute atomic E-state index is 12.4. The van der Waals surface area contributed by atoms with Gasteiger partial charge in [-0.05, 0) is 128 Å². The minimum absolute atomic E-state index is 0.0319. The Balaban J connectivity index is 0.00000153. The third-order valence-corrected chi connectivity index (χ3v) is 14.6. The Hall–Kier alpha value is -2.43. The van der Waals surface area contributed by atoms with Gasteiger partial charge in [-0.2, -0.15) is 0 Å². The van der Waals surface area contributed by atoms with Crippen LogP contribution in [-0.2, 0) is 16.1 Å². The van der Waals surface area contributed by atoms with Crippen LogP contribution in [0, 0.1) is 39.9 Å². The maximum atomic E-state index is 12.4. The van der Waals surface area contributed by atoms with E-state index >= 15 is 0 Å². The number of ether oxygens (including phenoxy) is 2. The normalized spacial score (nSPS) is 43.7. The van der Waals surface area contributed by atoms with Crippen LogP contribution in [-0.4, -0.2) is 35.0 Å². The van der Waals surface area contributed by atoms with Crippen LogP contribution in [0.25, 0.3) is 0 Å². The van der Waals surface area contributed by atoms with Crippen molar-refractivity contribution in [3.63, 3.8) is 0 Å². The first-order chi connectivity index (χ1) is 22.2. The second-order valence-electron chi connectivity index (χ2n) is 16.6. The molecule has 4 nitrogen and oxygen atoms in total. The molecule has 0 bridgehead atoms. The van der Waals surface area contributed by atoms with Gasteiger partial charge in [0.1, 0.15) is 11.5 Å². The molecule has 2 saturated heterocycles. The topological polar surface area (TPSA) is 38.8 Å². The van der Waals surface area contributed by atoms with Crippen LogP contribution in [0.3, 0.4) is 0 Å². The SMILES string of the molecule is CC.CC1CC2OC3(CCC4C5CCC6=CC(=O)CCC6(C)C5CC45CC35C)CC2N(Cc2ccc(Oc3ccccc3)cc2)C1. The van der Waals surface area contributed by atoms with Gasteiger partial charge in [0.15, 0.2) is 5.78 Å². The van der Waals surface area contributed by atoms with Crippen LogP contribution in [0.2, 0.25) is 0 Å². The molecule has 2 aliphatic heterocycles. The summed E-state index contributed by atoms with van der Waals surface area (Å²) in [5.41, 5.74) is 3.89. The van der Waals surface area contributed by atoms with E-state index in [0.717, 1.165) is 61.6 Å². The Kier molecular flexibility index (Phi) is 7.42. The smallest absolute Gasteiger partial charge is 0.155 e. The van der Waals surface area contributed by atoms with E-state index in [1.165, 1.54) is 56.1 Å². The quantitative estimate of drug-likeness (QED) is 0.341. The molecule has 6 fully saturated rings. The number of carbonyl (C=O) groups is 1. The molecule has 0 amide bonds. The van der Waals surface area contributed by atoms with Crippen LogP contribution in [0.4, 0.5) is 0 Å². The third-order valence-electron chi connectivity index (χ3n) is 14.6. The fraction of sp³-hybridized carbons (Fsp3) is 0.643. The van der Waals surface area contributed by atoms with Gasteiger partial charge < -0.3 is 9.47 Å². The van der Waals surface area contributed by atoms with E-state index in [1.807, 2.05) is 44.2 Å². The predicted octanol–water partition coefficient (Wildman–Crippen LogP) is 9.78. The highest BCUT2D eigenvalue weighted by Gasteiger charge is 2.83. The van der Waals surface area contributed by atoms with E-state index < -0.39 is 0 Å². The van der Waals surface area contributed by atoms with Gasteiger partial charge in [-0.1, -0.05) is 70.5 Å². The molecule has 2 aromatic carbocycles. The van der Waals surface area contributed by atoms with Gasteiger partial charge in [0.2, 0.25) is 0 Å². The van der Waals surface area contributed by atoms with Crippen molar-refractivity contribution >= 4 is 5.78 Å². The molecular weight excluding hydrogens is 566 g/mol. The zero-order valence-electron chi connectivity index (χ0n) is 28.9. The highest BCUT2D eigenvalue weighted by atomic mass is 16.5. The van der Waals surface area contributed by atoms with Crippen molar-refractivity contribution in [1.29, 1.82) is 0 Å². The second-order valence-corrected chi connectivity index (χ2v) is 16.6. The lowest BCUT2D eigenvalue weighted by Crippen LogP contribution is -2.48. The molecule has 7 aliphatic rings. The number of nitrogens with zero attached hydrogens (tertiary/aromatic N) is 1. The summed E-state index contributed by atoms with van der Waals surface area (Å²) < 4.78 is 13.5. The number of hydrogen-bond donors (Lipinski definition) is 0. The lowest BCUT2D eigenvalue weighted by molar-refractivity contribution is -0.137. The zero-order chi connectivity index (χ0) is 31.9. The summed E-state index contributed by atoms with van der Waals surface area (Å²) in [6.07, 6.45) is 14.5. The molecule has 2 heterocycles. The van der Waals surface area contributed by atoms with Crippen molar-refractivity contribution in [3.05, 3.63) is 71.8 Å². The molecule has 46 heavy (non-hydrogen) atoms. The van der Waals surface area contributed by atoms with Crippen LogP contribution < -0.4 is 4.74 Å². The Morgan fingerprint density at radius 2 is 1.67 bits per heavy atom. The lowest BCUT2D eigenvalue weighted by Gasteiger charge is -2.49. The Labute approximate surface area is 277 Å². The van der Waals surface area contributed by atoms with E-state index in [4.69, 9.17) is 9.47 Å². The third kappa shape index (κ3) is 4.48. The number of fused-ring (bicyclic) bond motifs is 6. The number of piperidine rings is 1. The summed E-state index contributed by atoms with van der Waals surface area (Å²) in [5.74, 6) is 5.26. The number of rotatable bonds is 4. The van der Waals surface area contributed by atoms with Gasteiger partial charge in [-0.25, -0.2) is 0 Å². The summed E-state index contributed by atoms with van der Waals surface area (Å²) in [6.45, 7) is 13.7. The van der Waals surface area contributed by atoms with Gasteiger partial charge in [-0.15, -0.1) is 0 Å². The number of para-hydroxylation sites is 1. The number of ketones is 1. The maximum Gasteiger partial charge on any atom is 0.155 e. The van der Waals surface area contributed by atoms with Crippen LogP contribution in [0.5, 0.6) is 11.5 Å². The molecule has 0 aromatic heterocycles. The van der Waals surface area contributed by atoms with Gasteiger partial charge in [0.25, 0.3) is 0 Å². The molecule has 0 radical (unpaired) electrons. The van der Waals surface area contributed by atoms with Crippen molar-refractivity contribution in [3.8, 4) is 11.5 Å². The monoisotopic (exact) mass is 621 g/mol. The van der Waals surface area contributed by atoms with E-state index in [9.17, 15) is 4.79 Å². The lowest BCUT2D eigenvalue weighted by atomic mass is 9.56. The van der Waals surface area contributed by atoms with Crippen LogP contribution in [0.1, 0.15) is 104 Å². The molecule has 2 aromatic rings. The zero-order valence-corrected chi connectivity index (χ0v) is 28.9. The highest BCUT2D eigenvalue weighted by Crippen LogP contribution is 2.86. The second kappa shape index (κ2) is 11.1. The van der Waals surface area contributed by atoms with Crippen molar-refractivity contribution in [2.45, 2.75) is 123 Å². The number of hydrogen-bond acceptors (Lipinski definition) is 4. The van der Waals surface area contributed by atoms with Crippen LogP contribution in [0.15, 0.2) is 66.2 Å². The summed E-state index contributed by atoms with van der Waals surface area (Å²) >= 11 is 0. The van der Waals surface area contributed by atoms with Gasteiger partial charge in [0, 0.05) is 31.0 Å². The van der Waals surface area contributed by atoms with Crippen molar-refractivity contribution < 1.29 is 14.3 Å². The average Bonchev–Trinajstić information content (AvgIpc) is 3.33. The van der Waals surface area contributed by atoms with Crippen LogP contribution >= 0.6 is 0 Å². The summed E-state index contributed by atoms with van der Waals surface area (Å²) in [4.78, 5) is 15.1. The highest BCUT2D eigenvalue weighted by molar-refractivity contribution is 5.91. The first kappa shape index (κ1) is 30.9. The van der Waals surface area contributed by atoms with Crippen molar-refractivity contribution in [2.75, 3.05) is 6.54 Å². The average molecular weight is 622 g/mol.